The van der Waals surface area contributed by atoms with Crippen LogP contribution in [0.1, 0.15) is 51.4 Å². The summed E-state index contributed by atoms with van der Waals surface area (Å²) in [6.07, 6.45) is -3.46. The predicted molar refractivity (Wildman–Crippen MR) is 123 cm³/mol. The Morgan fingerprint density at radius 3 is 2.23 bits per heavy atom. The van der Waals surface area contributed by atoms with E-state index in [0.29, 0.717) is 39.0 Å². The van der Waals surface area contributed by atoms with Crippen molar-refractivity contribution in [1.82, 2.24) is 21.3 Å². The zero-order valence-corrected chi connectivity index (χ0v) is 21.2. The van der Waals surface area contributed by atoms with Crippen LogP contribution in [-0.4, -0.2) is 85.4 Å². The fourth-order valence-electron chi connectivity index (χ4n) is 5.82. The molecule has 5 fully saturated rings. The molecule has 15 heteroatoms. The quantitative estimate of drug-likeness (QED) is 0.206. The second kappa shape index (κ2) is 11.4. The maximum atomic E-state index is 13.8. The van der Waals surface area contributed by atoms with Crippen LogP contribution in [-0.2, 0) is 33.4 Å². The SMILES string of the molecule is O=C(NC(CC1CCOCC1)C(=O)NC(C[C@@H]1CCNC1=O)C(=O)COC(F)(F)F)C(=O)NC12CC(F)(C1)C2. The lowest BCUT2D eigenvalue weighted by Crippen LogP contribution is -2.77. The monoisotopic (exact) mass is 564 g/mol. The normalized spacial score (nSPS) is 29.7. The molecule has 5 aliphatic rings. The van der Waals surface area contributed by atoms with Crippen LogP contribution in [0.5, 0.6) is 0 Å². The summed E-state index contributed by atoms with van der Waals surface area (Å²) in [6, 6.07) is -2.80. The van der Waals surface area contributed by atoms with Gasteiger partial charge in [0.1, 0.15) is 18.3 Å². The van der Waals surface area contributed by atoms with Gasteiger partial charge in [-0.15, -0.1) is 13.2 Å². The summed E-state index contributed by atoms with van der Waals surface area (Å²) in [5, 5.41) is 9.81. The van der Waals surface area contributed by atoms with Crippen LogP contribution in [0.4, 0.5) is 17.6 Å². The van der Waals surface area contributed by atoms with Gasteiger partial charge in [0.25, 0.3) is 0 Å². The van der Waals surface area contributed by atoms with E-state index in [1.807, 2.05) is 0 Å². The highest BCUT2D eigenvalue weighted by atomic mass is 19.4. The van der Waals surface area contributed by atoms with Gasteiger partial charge in [0.15, 0.2) is 5.78 Å². The Morgan fingerprint density at radius 1 is 1.00 bits per heavy atom. The van der Waals surface area contributed by atoms with Crippen LogP contribution in [0.15, 0.2) is 0 Å². The molecule has 2 heterocycles. The molecule has 5 rings (SSSR count). The van der Waals surface area contributed by atoms with Gasteiger partial charge in [-0.1, -0.05) is 0 Å². The second-order valence-electron chi connectivity index (χ2n) is 11.0. The molecule has 3 aliphatic carbocycles. The number of amides is 4. The van der Waals surface area contributed by atoms with E-state index in [4.69, 9.17) is 4.74 Å². The number of alkyl halides is 4. The van der Waals surface area contributed by atoms with E-state index >= 15 is 0 Å². The third-order valence-corrected chi connectivity index (χ3v) is 7.85. The van der Waals surface area contributed by atoms with Crippen molar-refractivity contribution in [3.63, 3.8) is 0 Å². The zero-order chi connectivity index (χ0) is 28.4. The second-order valence-corrected chi connectivity index (χ2v) is 11.0. The minimum atomic E-state index is -5.08. The van der Waals surface area contributed by atoms with Crippen molar-refractivity contribution >= 4 is 29.4 Å². The Bertz CT molecular complexity index is 982. The third kappa shape index (κ3) is 7.44. The van der Waals surface area contributed by atoms with Crippen molar-refractivity contribution in [2.24, 2.45) is 11.8 Å². The molecule has 2 bridgehead atoms. The summed E-state index contributed by atoms with van der Waals surface area (Å²) in [6.45, 7) is -0.207. The molecule has 11 nitrogen and oxygen atoms in total. The maximum absolute atomic E-state index is 13.8. The zero-order valence-electron chi connectivity index (χ0n) is 21.2. The van der Waals surface area contributed by atoms with Crippen molar-refractivity contribution < 1.29 is 51.0 Å². The topological polar surface area (TPSA) is 152 Å². The number of hydrogen-bond acceptors (Lipinski definition) is 7. The number of halogens is 4. The molecule has 0 spiro atoms. The van der Waals surface area contributed by atoms with Gasteiger partial charge in [-0.3, -0.25) is 28.7 Å². The summed E-state index contributed by atoms with van der Waals surface area (Å²) in [5.74, 6) is -5.34. The highest BCUT2D eigenvalue weighted by molar-refractivity contribution is 6.35. The Kier molecular flexibility index (Phi) is 8.50. The number of Topliss-reactive ketones (excluding diaryl/α,β-unsaturated/α-hetero) is 1. The van der Waals surface area contributed by atoms with Crippen molar-refractivity contribution in [3.8, 4) is 0 Å². The van der Waals surface area contributed by atoms with Gasteiger partial charge in [0.2, 0.25) is 11.8 Å². The highest BCUT2D eigenvalue weighted by Gasteiger charge is 2.70. The fraction of sp³-hybridized carbons (Fsp3) is 0.792. The first kappa shape index (κ1) is 29.2. The number of ether oxygens (including phenoxy) is 2. The number of nitrogens with one attached hydrogen (secondary N) is 4. The van der Waals surface area contributed by atoms with Gasteiger partial charge in [-0.05, 0) is 38.0 Å². The Hall–Kier alpha value is -2.81. The van der Waals surface area contributed by atoms with Gasteiger partial charge in [-0.2, -0.15) is 0 Å². The van der Waals surface area contributed by atoms with Crippen molar-refractivity contribution in [3.05, 3.63) is 0 Å². The molecule has 0 aromatic carbocycles. The van der Waals surface area contributed by atoms with Crippen LogP contribution in [0, 0.1) is 11.8 Å². The first-order valence-corrected chi connectivity index (χ1v) is 13.0. The average Bonchev–Trinajstić information content (AvgIpc) is 3.24. The summed E-state index contributed by atoms with van der Waals surface area (Å²) in [4.78, 5) is 63.1. The van der Waals surface area contributed by atoms with Crippen LogP contribution >= 0.6 is 0 Å². The van der Waals surface area contributed by atoms with E-state index in [1.165, 1.54) is 0 Å². The number of rotatable bonds is 11. The average molecular weight is 565 g/mol. The summed E-state index contributed by atoms with van der Waals surface area (Å²) in [5.41, 5.74) is -2.07. The molecule has 3 saturated carbocycles. The van der Waals surface area contributed by atoms with Crippen LogP contribution < -0.4 is 21.3 Å². The molecular formula is C24H32F4N4O7. The molecule has 0 aromatic heterocycles. The highest BCUT2D eigenvalue weighted by Crippen LogP contribution is 2.62. The molecule has 0 aromatic rings. The van der Waals surface area contributed by atoms with Gasteiger partial charge in [-0.25, -0.2) is 4.39 Å². The van der Waals surface area contributed by atoms with E-state index in [2.05, 4.69) is 26.0 Å². The van der Waals surface area contributed by atoms with Gasteiger partial charge in [0, 0.05) is 50.5 Å². The van der Waals surface area contributed by atoms with Gasteiger partial charge < -0.3 is 26.0 Å². The number of ketones is 1. The summed E-state index contributed by atoms with van der Waals surface area (Å²) < 4.78 is 60.4. The van der Waals surface area contributed by atoms with E-state index in [-0.39, 0.29) is 38.0 Å². The minimum absolute atomic E-state index is 0.0785. The Morgan fingerprint density at radius 2 is 1.67 bits per heavy atom. The molecular weight excluding hydrogens is 532 g/mol. The lowest BCUT2D eigenvalue weighted by molar-refractivity contribution is -0.321. The van der Waals surface area contributed by atoms with E-state index in [0.717, 1.165) is 0 Å². The van der Waals surface area contributed by atoms with Crippen molar-refractivity contribution in [1.29, 1.82) is 0 Å². The number of hydrogen-bond donors (Lipinski definition) is 4. The smallest absolute Gasteiger partial charge is 0.381 e. The van der Waals surface area contributed by atoms with E-state index in [9.17, 15) is 41.5 Å². The van der Waals surface area contributed by atoms with Gasteiger partial charge in [0.05, 0.1) is 6.04 Å². The predicted octanol–water partition coefficient (Wildman–Crippen LogP) is 0.165. The molecule has 0 radical (unpaired) electrons. The van der Waals surface area contributed by atoms with E-state index < -0.39 is 71.6 Å². The van der Waals surface area contributed by atoms with Crippen LogP contribution in [0.25, 0.3) is 0 Å². The Labute approximate surface area is 221 Å². The van der Waals surface area contributed by atoms with Crippen LogP contribution in [0.2, 0.25) is 0 Å². The molecule has 39 heavy (non-hydrogen) atoms. The van der Waals surface area contributed by atoms with Gasteiger partial charge >= 0.3 is 18.2 Å². The lowest BCUT2D eigenvalue weighted by Gasteiger charge is -2.65. The fourth-order valence-corrected chi connectivity index (χ4v) is 5.82. The Balaban J connectivity index is 1.43. The molecule has 2 aliphatic heterocycles. The van der Waals surface area contributed by atoms with Crippen molar-refractivity contribution in [2.75, 3.05) is 26.4 Å². The first-order chi connectivity index (χ1) is 18.3. The summed E-state index contributed by atoms with van der Waals surface area (Å²) in [7, 11) is 0. The van der Waals surface area contributed by atoms with Crippen LogP contribution in [0.3, 0.4) is 0 Å². The molecule has 218 valence electrons. The van der Waals surface area contributed by atoms with E-state index in [1.54, 1.807) is 0 Å². The standard InChI is InChI=1S/C24H32F4N4O7/c25-22-10-23(11-22,12-22)32-21(37)20(36)31-16(7-13-2-5-38-6-3-13)19(35)30-15(8-14-1-4-29-18(14)34)17(33)9-39-24(26,27)28/h13-16H,1-12H2,(H,29,34)(H,30,35)(H,31,36)(H,32,37)/t14-,15?,16?,22?,23?/m0/s1. The molecule has 2 saturated heterocycles. The molecule has 4 N–H and O–H groups in total. The first-order valence-electron chi connectivity index (χ1n) is 13.0. The maximum Gasteiger partial charge on any atom is 0.522 e. The lowest BCUT2D eigenvalue weighted by atomic mass is 9.47. The van der Waals surface area contributed by atoms with Crippen molar-refractivity contribution in [2.45, 2.75) is 81.0 Å². The molecule has 2 unspecified atom stereocenters. The minimum Gasteiger partial charge on any atom is -0.381 e. The number of carbonyl (C=O) groups is 5. The summed E-state index contributed by atoms with van der Waals surface area (Å²) >= 11 is 0. The molecule has 4 amide bonds. The number of carbonyl (C=O) groups excluding carboxylic acids is 5. The third-order valence-electron chi connectivity index (χ3n) is 7.85. The molecule has 3 atom stereocenters. The largest absolute Gasteiger partial charge is 0.522 e.